The van der Waals surface area contributed by atoms with Gasteiger partial charge in [-0.2, -0.15) is 5.10 Å². The average molecular weight is 432 g/mol. The third-order valence-electron chi connectivity index (χ3n) is 6.17. The summed E-state index contributed by atoms with van der Waals surface area (Å²) in [6, 6.07) is 16.4. The molecule has 164 valence electrons. The number of nitrogens with zero attached hydrogens (tertiary/aromatic N) is 2. The molecule has 5 rings (SSSR count). The predicted octanol–water partition coefficient (Wildman–Crippen LogP) is 2.55. The molecule has 8 nitrogen and oxygen atoms in total. The van der Waals surface area contributed by atoms with E-state index in [4.69, 9.17) is 9.47 Å². The highest BCUT2D eigenvalue weighted by Crippen LogP contribution is 2.36. The lowest BCUT2D eigenvalue weighted by atomic mass is 9.86. The molecule has 0 spiro atoms. The number of hydrogen-bond donors (Lipinski definition) is 2. The number of para-hydroxylation sites is 2. The van der Waals surface area contributed by atoms with Gasteiger partial charge in [-0.05, 0) is 24.6 Å². The smallest absolute Gasteiger partial charge is 0.272 e. The normalized spacial score (nSPS) is 22.4. The number of nitrogens with one attached hydrogen (secondary N) is 2. The molecule has 2 atom stereocenters. The van der Waals surface area contributed by atoms with Crippen LogP contribution in [-0.4, -0.2) is 41.7 Å². The number of aromatic nitrogens is 2. The first-order valence-electron chi connectivity index (χ1n) is 10.5. The van der Waals surface area contributed by atoms with Gasteiger partial charge in [0.05, 0.1) is 23.6 Å². The number of H-pyrrole nitrogens is 1. The van der Waals surface area contributed by atoms with E-state index >= 15 is 0 Å². The van der Waals surface area contributed by atoms with E-state index in [-0.39, 0.29) is 18.2 Å². The second-order valence-corrected chi connectivity index (χ2v) is 8.29. The number of amides is 2. The molecular weight excluding hydrogens is 408 g/mol. The van der Waals surface area contributed by atoms with Crippen molar-refractivity contribution in [2.24, 2.45) is 0 Å². The van der Waals surface area contributed by atoms with E-state index in [1.165, 1.54) is 4.90 Å². The van der Waals surface area contributed by atoms with Crippen molar-refractivity contribution in [2.75, 3.05) is 18.6 Å². The Labute approximate surface area is 185 Å². The zero-order valence-corrected chi connectivity index (χ0v) is 17.9. The molecule has 0 saturated heterocycles. The molecule has 1 aromatic heterocycles. The molecule has 2 aliphatic rings. The number of hydrogen-bond acceptors (Lipinski definition) is 5. The molecule has 0 fully saturated rings. The molecule has 3 aromatic rings. The van der Waals surface area contributed by atoms with Crippen molar-refractivity contribution >= 4 is 17.5 Å². The highest BCUT2D eigenvalue weighted by Gasteiger charge is 2.38. The summed E-state index contributed by atoms with van der Waals surface area (Å²) in [5.41, 5.74) is 2.99. The van der Waals surface area contributed by atoms with E-state index in [2.05, 4.69) is 15.5 Å². The molecule has 3 heterocycles. The Balaban J connectivity index is 1.37. The van der Waals surface area contributed by atoms with Crippen LogP contribution in [0.4, 0.5) is 5.69 Å². The Morgan fingerprint density at radius 2 is 1.94 bits per heavy atom. The molecule has 32 heavy (non-hydrogen) atoms. The SMILES string of the molecule is CN1C(=O)C(NC(=O)c2n[nH]c3c2CC(C)(c2ccccc2)OC3)COc2ccccc21. The summed E-state index contributed by atoms with van der Waals surface area (Å²) >= 11 is 0. The number of likely N-dealkylation sites (N-methyl/N-ethyl adjacent to an activating group) is 1. The fourth-order valence-corrected chi connectivity index (χ4v) is 4.28. The average Bonchev–Trinajstić information content (AvgIpc) is 3.19. The summed E-state index contributed by atoms with van der Waals surface area (Å²) in [5.74, 6) is -0.0562. The number of carbonyl (C=O) groups excluding carboxylic acids is 2. The summed E-state index contributed by atoms with van der Waals surface area (Å²) in [5, 5.41) is 9.98. The first-order valence-corrected chi connectivity index (χ1v) is 10.5. The summed E-state index contributed by atoms with van der Waals surface area (Å²) in [6.45, 7) is 2.38. The highest BCUT2D eigenvalue weighted by molar-refractivity contribution is 6.03. The Morgan fingerprint density at radius 1 is 1.19 bits per heavy atom. The maximum atomic E-state index is 13.2. The minimum absolute atomic E-state index is 0.0450. The number of aromatic amines is 1. The molecule has 0 aliphatic carbocycles. The van der Waals surface area contributed by atoms with E-state index in [1.54, 1.807) is 13.1 Å². The molecule has 2 aromatic carbocycles. The molecule has 2 N–H and O–H groups in total. The van der Waals surface area contributed by atoms with Crippen LogP contribution in [0, 0.1) is 0 Å². The maximum Gasteiger partial charge on any atom is 0.272 e. The van der Waals surface area contributed by atoms with Crippen molar-refractivity contribution in [1.29, 1.82) is 0 Å². The van der Waals surface area contributed by atoms with Crippen LogP contribution in [0.2, 0.25) is 0 Å². The van der Waals surface area contributed by atoms with E-state index < -0.39 is 17.6 Å². The zero-order chi connectivity index (χ0) is 22.3. The Morgan fingerprint density at radius 3 is 2.75 bits per heavy atom. The summed E-state index contributed by atoms with van der Waals surface area (Å²) in [7, 11) is 1.67. The van der Waals surface area contributed by atoms with Crippen LogP contribution < -0.4 is 15.0 Å². The van der Waals surface area contributed by atoms with Gasteiger partial charge in [-0.15, -0.1) is 0 Å². The summed E-state index contributed by atoms with van der Waals surface area (Å²) in [4.78, 5) is 27.7. The number of anilines is 1. The first kappa shape index (κ1) is 20.3. The van der Waals surface area contributed by atoms with Gasteiger partial charge in [-0.1, -0.05) is 42.5 Å². The number of ether oxygens (including phenoxy) is 2. The number of carbonyl (C=O) groups is 2. The van der Waals surface area contributed by atoms with E-state index in [9.17, 15) is 9.59 Å². The van der Waals surface area contributed by atoms with Crippen LogP contribution in [0.25, 0.3) is 0 Å². The van der Waals surface area contributed by atoms with Gasteiger partial charge in [0.25, 0.3) is 11.8 Å². The van der Waals surface area contributed by atoms with Crippen molar-refractivity contribution in [2.45, 2.75) is 31.6 Å². The number of rotatable bonds is 3. The van der Waals surface area contributed by atoms with Crippen molar-refractivity contribution in [1.82, 2.24) is 15.5 Å². The van der Waals surface area contributed by atoms with Gasteiger partial charge in [-0.3, -0.25) is 14.7 Å². The van der Waals surface area contributed by atoms with Crippen molar-refractivity contribution in [3.8, 4) is 5.75 Å². The lowest BCUT2D eigenvalue weighted by molar-refractivity contribution is -0.120. The van der Waals surface area contributed by atoms with Crippen LogP contribution in [-0.2, 0) is 28.2 Å². The Hall–Kier alpha value is -3.65. The van der Waals surface area contributed by atoms with Gasteiger partial charge >= 0.3 is 0 Å². The number of fused-ring (bicyclic) bond motifs is 2. The second kappa shape index (κ2) is 7.80. The molecule has 0 bridgehead atoms. The van der Waals surface area contributed by atoms with Gasteiger partial charge in [0, 0.05) is 19.0 Å². The fourth-order valence-electron chi connectivity index (χ4n) is 4.28. The van der Waals surface area contributed by atoms with Crippen molar-refractivity contribution < 1.29 is 19.1 Å². The largest absolute Gasteiger partial charge is 0.489 e. The highest BCUT2D eigenvalue weighted by atomic mass is 16.5. The molecule has 8 heteroatoms. The van der Waals surface area contributed by atoms with Crippen LogP contribution in [0.15, 0.2) is 54.6 Å². The number of benzene rings is 2. The van der Waals surface area contributed by atoms with E-state index in [0.29, 0.717) is 24.5 Å². The Bertz CT molecular complexity index is 1180. The predicted molar refractivity (Wildman–Crippen MR) is 117 cm³/mol. The van der Waals surface area contributed by atoms with Gasteiger partial charge in [0.1, 0.15) is 18.4 Å². The lowest BCUT2D eigenvalue weighted by Gasteiger charge is -2.34. The minimum Gasteiger partial charge on any atom is -0.489 e. The zero-order valence-electron chi connectivity index (χ0n) is 17.9. The molecule has 2 amide bonds. The molecular formula is C24H24N4O4. The monoisotopic (exact) mass is 432 g/mol. The van der Waals surface area contributed by atoms with Gasteiger partial charge in [0.2, 0.25) is 0 Å². The molecule has 2 unspecified atom stereocenters. The van der Waals surface area contributed by atoms with E-state index in [0.717, 1.165) is 16.8 Å². The molecule has 0 radical (unpaired) electrons. The quantitative estimate of drug-likeness (QED) is 0.663. The third kappa shape index (κ3) is 3.42. The van der Waals surface area contributed by atoms with Gasteiger partial charge in [-0.25, -0.2) is 0 Å². The maximum absolute atomic E-state index is 13.2. The second-order valence-electron chi connectivity index (χ2n) is 8.29. The van der Waals surface area contributed by atoms with Gasteiger partial charge in [0.15, 0.2) is 5.69 Å². The van der Waals surface area contributed by atoms with Crippen LogP contribution >= 0.6 is 0 Å². The Kier molecular flexibility index (Phi) is 4.94. The summed E-state index contributed by atoms with van der Waals surface area (Å²) < 4.78 is 11.9. The lowest BCUT2D eigenvalue weighted by Crippen LogP contribution is -2.49. The summed E-state index contributed by atoms with van der Waals surface area (Å²) in [6.07, 6.45) is 0.492. The minimum atomic E-state index is -0.826. The van der Waals surface area contributed by atoms with Crippen molar-refractivity contribution in [3.05, 3.63) is 77.1 Å². The van der Waals surface area contributed by atoms with Gasteiger partial charge < -0.3 is 19.7 Å². The van der Waals surface area contributed by atoms with Crippen LogP contribution in [0.3, 0.4) is 0 Å². The third-order valence-corrected chi connectivity index (χ3v) is 6.17. The van der Waals surface area contributed by atoms with Crippen molar-refractivity contribution in [3.63, 3.8) is 0 Å². The topological polar surface area (TPSA) is 96.6 Å². The van der Waals surface area contributed by atoms with Crippen LogP contribution in [0.5, 0.6) is 5.75 Å². The standard InChI is InChI=1S/C24H24N4O4/c1-24(15-8-4-3-5-9-15)12-16-17(14-32-24)26-27-21(16)22(29)25-18-13-31-20-11-7-6-10-19(20)28(2)23(18)30/h3-11,18H,12-14H2,1-2H3,(H,25,29)(H,26,27). The van der Waals surface area contributed by atoms with E-state index in [1.807, 2.05) is 55.5 Å². The molecule has 0 saturated carbocycles. The fraction of sp³-hybridized carbons (Fsp3) is 0.292. The molecule has 2 aliphatic heterocycles. The first-order chi connectivity index (χ1) is 15.5. The van der Waals surface area contributed by atoms with Crippen LogP contribution in [0.1, 0.15) is 34.2 Å².